The van der Waals surface area contributed by atoms with Crippen molar-refractivity contribution in [2.45, 2.75) is 151 Å². The second-order valence-electron chi connectivity index (χ2n) is 20.7. The number of carbonyl (C=O) groups is 4. The number of carboxylic acid groups (broad SMARTS) is 1. The van der Waals surface area contributed by atoms with Gasteiger partial charge in [0.05, 0.1) is 16.9 Å². The fraction of sp³-hybridized carbons (Fsp3) is 0.733. The highest BCUT2D eigenvalue weighted by atomic mass is 35.5. The molecule has 0 spiro atoms. The van der Waals surface area contributed by atoms with Crippen molar-refractivity contribution in [3.63, 3.8) is 0 Å². The minimum absolute atomic E-state index is 0.0565. The molecule has 5 fully saturated rings. The first kappa shape index (κ1) is 40.1. The molecule has 1 amide bonds. The van der Waals surface area contributed by atoms with E-state index >= 15 is 0 Å². The minimum Gasteiger partial charge on any atom is -0.481 e. The van der Waals surface area contributed by atoms with Gasteiger partial charge in [-0.3, -0.25) is 19.2 Å². The van der Waals surface area contributed by atoms with Crippen LogP contribution in [0.25, 0.3) is 0 Å². The van der Waals surface area contributed by atoms with Gasteiger partial charge in [-0.05, 0) is 135 Å². The number of amides is 1. The molecule has 0 aliphatic heterocycles. The van der Waals surface area contributed by atoms with Gasteiger partial charge < -0.3 is 15.2 Å². The van der Waals surface area contributed by atoms with Gasteiger partial charge in [0.25, 0.3) is 0 Å². The number of carbonyl (C=O) groups excluding carboxylic acids is 3. The highest BCUT2D eigenvalue weighted by Crippen LogP contribution is 2.76. The van der Waals surface area contributed by atoms with Crippen LogP contribution in [0, 0.1) is 56.2 Å². The molecule has 0 aromatic carbocycles. The van der Waals surface area contributed by atoms with E-state index in [1.807, 2.05) is 0 Å². The van der Waals surface area contributed by atoms with Gasteiger partial charge in [0, 0.05) is 29.6 Å². The highest BCUT2D eigenvalue weighted by molar-refractivity contribution is 6.30. The van der Waals surface area contributed by atoms with Gasteiger partial charge >= 0.3 is 11.9 Å². The first-order valence-electron chi connectivity index (χ1n) is 20.8. The number of halogens is 1. The van der Waals surface area contributed by atoms with Gasteiger partial charge in [-0.1, -0.05) is 66.1 Å². The summed E-state index contributed by atoms with van der Waals surface area (Å²) in [6.07, 6.45) is 16.2. The minimum atomic E-state index is -1.17. The fourth-order valence-corrected chi connectivity index (χ4v) is 13.7. The van der Waals surface area contributed by atoms with Crippen LogP contribution >= 0.6 is 11.6 Å². The number of nitrogens with one attached hydrogen (secondary N) is 1. The molecule has 1 aromatic heterocycles. The second kappa shape index (κ2) is 13.2. The zero-order valence-corrected chi connectivity index (χ0v) is 35.2. The molecule has 0 unspecified atom stereocenters. The Hall–Kier alpha value is -3.07. The summed E-state index contributed by atoms with van der Waals surface area (Å²) in [5, 5.41) is 13.3. The van der Waals surface area contributed by atoms with Crippen molar-refractivity contribution in [3.8, 4) is 0 Å². The van der Waals surface area contributed by atoms with Gasteiger partial charge in [-0.25, -0.2) is 9.97 Å². The average Bonchev–Trinajstić information content (AvgIpc) is 3.78. The molecule has 0 bridgehead atoms. The van der Waals surface area contributed by atoms with Gasteiger partial charge in [-0.15, -0.1) is 0 Å². The van der Waals surface area contributed by atoms with Gasteiger partial charge in [0.1, 0.15) is 11.6 Å². The maximum atomic E-state index is 14.1. The maximum Gasteiger partial charge on any atom is 0.309 e. The van der Waals surface area contributed by atoms with Crippen molar-refractivity contribution in [2.75, 3.05) is 0 Å². The molecule has 1 aromatic rings. The lowest BCUT2D eigenvalue weighted by atomic mass is 9.34. The molecule has 6 aliphatic rings. The van der Waals surface area contributed by atoms with Gasteiger partial charge in [-0.2, -0.15) is 0 Å². The van der Waals surface area contributed by atoms with Crippen LogP contribution in [-0.2, 0) is 29.5 Å². The maximum absolute atomic E-state index is 14.1. The van der Waals surface area contributed by atoms with Crippen LogP contribution in [0.3, 0.4) is 0 Å². The predicted molar refractivity (Wildman–Crippen MR) is 211 cm³/mol. The quantitative estimate of drug-likeness (QED) is 0.187. The van der Waals surface area contributed by atoms with Gasteiger partial charge in [0.2, 0.25) is 5.91 Å². The third kappa shape index (κ3) is 6.32. The van der Waals surface area contributed by atoms with Crippen molar-refractivity contribution in [1.82, 2.24) is 15.3 Å². The molecule has 0 saturated heterocycles. The Kier molecular flexibility index (Phi) is 9.66. The third-order valence-electron chi connectivity index (χ3n) is 16.3. The molecule has 9 nitrogen and oxygen atoms in total. The third-order valence-corrected chi connectivity index (χ3v) is 16.5. The monoisotopic (exact) mass is 775 g/mol. The number of Topliss-reactive ketones (excluding diaryl/α,β-unsaturated/α-hetero) is 1. The number of rotatable bonds is 9. The largest absolute Gasteiger partial charge is 0.481 e. The summed E-state index contributed by atoms with van der Waals surface area (Å²) in [6, 6.07) is 0. The summed E-state index contributed by atoms with van der Waals surface area (Å²) in [5.41, 5.74) is -0.243. The van der Waals surface area contributed by atoms with Crippen LogP contribution in [0.15, 0.2) is 35.7 Å². The van der Waals surface area contributed by atoms with E-state index in [0.29, 0.717) is 35.0 Å². The highest BCUT2D eigenvalue weighted by Gasteiger charge is 2.69. The zero-order chi connectivity index (χ0) is 40.1. The van der Waals surface area contributed by atoms with Crippen molar-refractivity contribution in [1.29, 1.82) is 0 Å². The summed E-state index contributed by atoms with van der Waals surface area (Å²) in [7, 11) is 0. The molecule has 1 heterocycles. The molecular weight excluding hydrogens is 714 g/mol. The summed E-state index contributed by atoms with van der Waals surface area (Å²) < 4.78 is 6.16. The number of ether oxygens (including phenoxy) is 1. The Labute approximate surface area is 332 Å². The molecule has 8 atom stereocenters. The number of hydrogen-bond acceptors (Lipinski definition) is 7. The smallest absolute Gasteiger partial charge is 0.309 e. The molecule has 300 valence electrons. The zero-order valence-electron chi connectivity index (χ0n) is 34.4. The Balaban J connectivity index is 1.14. The van der Waals surface area contributed by atoms with Crippen LogP contribution in [0.2, 0.25) is 5.02 Å². The second-order valence-corrected chi connectivity index (χ2v) is 21.2. The number of aromatic nitrogens is 2. The summed E-state index contributed by atoms with van der Waals surface area (Å²) in [5.74, 6) is 0.539. The molecule has 5 saturated carbocycles. The SMILES string of the molecule is CC(C)C1=C2[C@@](/C=C/C(=O)NC3(c4ncc(Cl)cn4)CC3)(CC[C@H]3[C@]4(C)CC[C@H]5C(C)(C)[C@@H](OC(=O)CC(C)(C)C(=O)O)CC[C@]5(C)[C@H]4CC[C@]23C)CC1=O. The van der Waals surface area contributed by atoms with E-state index in [1.165, 1.54) is 5.57 Å². The van der Waals surface area contributed by atoms with Crippen molar-refractivity contribution >= 4 is 35.2 Å². The van der Waals surface area contributed by atoms with Crippen LogP contribution in [0.5, 0.6) is 0 Å². The lowest BCUT2D eigenvalue weighted by Crippen LogP contribution is -2.64. The lowest BCUT2D eigenvalue weighted by Gasteiger charge is -2.70. The van der Waals surface area contributed by atoms with E-state index in [0.717, 1.165) is 69.8 Å². The first-order valence-corrected chi connectivity index (χ1v) is 21.1. The van der Waals surface area contributed by atoms with Crippen LogP contribution in [0.4, 0.5) is 0 Å². The van der Waals surface area contributed by atoms with E-state index in [-0.39, 0.29) is 51.8 Å². The summed E-state index contributed by atoms with van der Waals surface area (Å²) in [4.78, 5) is 61.4. The van der Waals surface area contributed by atoms with Crippen LogP contribution < -0.4 is 5.32 Å². The van der Waals surface area contributed by atoms with E-state index < -0.39 is 28.3 Å². The molecular formula is C45H62ClN3O6. The van der Waals surface area contributed by atoms with Crippen molar-refractivity contribution in [3.05, 3.63) is 46.5 Å². The number of ketones is 1. The first-order chi connectivity index (χ1) is 25.5. The van der Waals surface area contributed by atoms with Crippen LogP contribution in [-0.4, -0.2) is 44.8 Å². The lowest BCUT2D eigenvalue weighted by molar-refractivity contribution is -0.221. The van der Waals surface area contributed by atoms with E-state index in [1.54, 1.807) is 32.3 Å². The molecule has 6 aliphatic carbocycles. The fourth-order valence-electron chi connectivity index (χ4n) is 13.6. The Bertz CT molecular complexity index is 1850. The summed E-state index contributed by atoms with van der Waals surface area (Å²) >= 11 is 6.03. The van der Waals surface area contributed by atoms with E-state index in [4.69, 9.17) is 16.3 Å². The molecule has 7 rings (SSSR count). The summed E-state index contributed by atoms with van der Waals surface area (Å²) in [6.45, 7) is 19.5. The number of aliphatic carboxylic acids is 1. The molecule has 0 radical (unpaired) electrons. The molecule has 10 heteroatoms. The number of fused-ring (bicyclic) bond motifs is 7. The Morgan fingerprint density at radius 2 is 1.53 bits per heavy atom. The number of esters is 1. The number of carboxylic acids is 1. The van der Waals surface area contributed by atoms with Crippen molar-refractivity contribution in [2.24, 2.45) is 56.2 Å². The predicted octanol–water partition coefficient (Wildman–Crippen LogP) is 9.18. The normalized spacial score (nSPS) is 37.5. The number of allylic oxidation sites excluding steroid dienone is 3. The standard InChI is InChI=1S/C45H62ClN3O6/c1-26(2)35-28(50)22-44(19-14-33(51)49-45(20-21-45)37-47-24-27(46)25-48-37)18-12-31-42(8)15-10-29-40(5,6)32(55-34(52)23-39(3,4)38(53)54)13-17-41(29,7)30(42)11-16-43(31,9)36(35)44/h14,19,24-26,29-32H,10-13,15-18,20-23H2,1-9H3,(H,49,51)(H,53,54)/b19-14+/t29-,30+,31-,32-,41-,42+,43-,44+/m0/s1. The number of hydrogen-bond donors (Lipinski definition) is 2. The van der Waals surface area contributed by atoms with E-state index in [2.05, 4.69) is 69.8 Å². The van der Waals surface area contributed by atoms with E-state index in [9.17, 15) is 24.3 Å². The Morgan fingerprint density at radius 3 is 2.15 bits per heavy atom. The van der Waals surface area contributed by atoms with Crippen LogP contribution in [0.1, 0.15) is 145 Å². The average molecular weight is 776 g/mol. The Morgan fingerprint density at radius 1 is 0.927 bits per heavy atom. The molecule has 55 heavy (non-hydrogen) atoms. The molecule has 2 N–H and O–H groups in total. The topological polar surface area (TPSA) is 136 Å². The van der Waals surface area contributed by atoms with Crippen molar-refractivity contribution < 1.29 is 29.0 Å². The number of nitrogens with zero attached hydrogens (tertiary/aromatic N) is 2. The van der Waals surface area contributed by atoms with Gasteiger partial charge in [0.15, 0.2) is 11.6 Å².